The molecule has 9 heteroatoms. The molecule has 2 fully saturated rings. The smallest absolute Gasteiger partial charge is 0.262 e. The number of amides is 1. The molecule has 1 aliphatic heterocycles. The quantitative estimate of drug-likeness (QED) is 0.772. The molecule has 1 unspecified atom stereocenters. The number of nitrogens with two attached hydrogens (primary N) is 1. The molecular formula is C14H21N3O3S3. The van der Waals surface area contributed by atoms with Gasteiger partial charge in [0.2, 0.25) is 10.0 Å². The van der Waals surface area contributed by atoms with Crippen molar-refractivity contribution in [2.24, 2.45) is 11.7 Å². The third-order valence-corrected chi connectivity index (χ3v) is 8.07. The molecule has 1 aliphatic carbocycles. The Morgan fingerprint density at radius 1 is 1.39 bits per heavy atom. The van der Waals surface area contributed by atoms with Crippen molar-refractivity contribution in [3.8, 4) is 0 Å². The molecule has 6 nitrogen and oxygen atoms in total. The van der Waals surface area contributed by atoms with E-state index in [1.54, 1.807) is 17.1 Å². The van der Waals surface area contributed by atoms with Gasteiger partial charge in [0.1, 0.15) is 9.77 Å². The van der Waals surface area contributed by atoms with E-state index in [0.29, 0.717) is 25.6 Å². The number of sulfonamides is 1. The van der Waals surface area contributed by atoms with Gasteiger partial charge < -0.3 is 11.1 Å². The summed E-state index contributed by atoms with van der Waals surface area (Å²) in [4.78, 5) is 12.7. The fraction of sp³-hybridized carbons (Fsp3) is 0.643. The topological polar surface area (TPSA) is 92.5 Å². The van der Waals surface area contributed by atoms with Crippen molar-refractivity contribution >= 4 is 39.0 Å². The fourth-order valence-electron chi connectivity index (χ4n) is 2.57. The van der Waals surface area contributed by atoms with E-state index < -0.39 is 10.0 Å². The lowest BCUT2D eigenvalue weighted by Gasteiger charge is -2.25. The monoisotopic (exact) mass is 375 g/mol. The molecule has 1 amide bonds. The summed E-state index contributed by atoms with van der Waals surface area (Å²) < 4.78 is 27.0. The number of hydrogen-bond donors (Lipinski definition) is 2. The van der Waals surface area contributed by atoms with Crippen molar-refractivity contribution < 1.29 is 13.2 Å². The molecule has 0 bridgehead atoms. The van der Waals surface area contributed by atoms with Crippen molar-refractivity contribution in [2.75, 3.05) is 31.1 Å². The zero-order valence-corrected chi connectivity index (χ0v) is 15.2. The van der Waals surface area contributed by atoms with Gasteiger partial charge in [-0.15, -0.1) is 11.3 Å². The van der Waals surface area contributed by atoms with Gasteiger partial charge in [0, 0.05) is 37.2 Å². The van der Waals surface area contributed by atoms with Gasteiger partial charge in [0.05, 0.1) is 0 Å². The van der Waals surface area contributed by atoms with Gasteiger partial charge in [-0.2, -0.15) is 16.1 Å². The van der Waals surface area contributed by atoms with E-state index in [2.05, 4.69) is 5.32 Å². The zero-order chi connectivity index (χ0) is 16.4. The van der Waals surface area contributed by atoms with Gasteiger partial charge in [-0.05, 0) is 30.2 Å². The first kappa shape index (κ1) is 17.2. The average Bonchev–Trinajstić information content (AvgIpc) is 3.29. The minimum atomic E-state index is -3.60. The number of nitrogens with zero attached hydrogens (tertiary/aromatic N) is 1. The number of thiophene rings is 1. The minimum Gasteiger partial charge on any atom is -0.350 e. The molecule has 3 N–H and O–H groups in total. The third-order valence-electron chi connectivity index (χ3n) is 4.15. The summed E-state index contributed by atoms with van der Waals surface area (Å²) in [6.45, 7) is 1.38. The molecule has 1 saturated carbocycles. The maximum Gasteiger partial charge on any atom is 0.262 e. The van der Waals surface area contributed by atoms with Crippen LogP contribution in [0.25, 0.3) is 0 Å². The fourth-order valence-corrected chi connectivity index (χ4v) is 6.47. The molecule has 3 rings (SSSR count). The van der Waals surface area contributed by atoms with E-state index >= 15 is 0 Å². The molecule has 0 spiro atoms. The first-order valence-electron chi connectivity index (χ1n) is 7.69. The highest BCUT2D eigenvalue weighted by molar-refractivity contribution is 7.99. The molecule has 1 atom stereocenters. The normalized spacial score (nSPS) is 21.1. The molecular weight excluding hydrogens is 354 g/mol. The van der Waals surface area contributed by atoms with Crippen molar-refractivity contribution in [1.29, 1.82) is 0 Å². The second kappa shape index (κ2) is 7.10. The Bertz CT molecular complexity index is 664. The summed E-state index contributed by atoms with van der Waals surface area (Å²) in [5.74, 6) is 1.73. The van der Waals surface area contributed by atoms with Crippen LogP contribution in [-0.2, 0) is 10.0 Å². The van der Waals surface area contributed by atoms with Crippen LogP contribution in [0, 0.1) is 5.92 Å². The Hall–Kier alpha value is -0.610. The largest absolute Gasteiger partial charge is 0.350 e. The van der Waals surface area contributed by atoms with Gasteiger partial charge in [0.25, 0.3) is 5.91 Å². The molecule has 1 aromatic heterocycles. The zero-order valence-electron chi connectivity index (χ0n) is 12.7. The van der Waals surface area contributed by atoms with E-state index in [1.807, 2.05) is 0 Å². The van der Waals surface area contributed by atoms with Crippen LogP contribution in [0.15, 0.2) is 16.3 Å². The summed E-state index contributed by atoms with van der Waals surface area (Å²) in [5, 5.41) is 4.44. The first-order valence-corrected chi connectivity index (χ1v) is 11.2. The van der Waals surface area contributed by atoms with Crippen LogP contribution in [0.4, 0.5) is 0 Å². The average molecular weight is 376 g/mol. The Kier molecular flexibility index (Phi) is 5.32. The second-order valence-corrected chi connectivity index (χ2v) is 9.89. The molecule has 1 saturated heterocycles. The van der Waals surface area contributed by atoms with Crippen molar-refractivity contribution in [2.45, 2.75) is 23.8 Å². The minimum absolute atomic E-state index is 0.0434. The van der Waals surface area contributed by atoms with Crippen LogP contribution in [0.3, 0.4) is 0 Å². The number of thioether (sulfide) groups is 1. The molecule has 2 aliphatic rings. The molecule has 23 heavy (non-hydrogen) atoms. The summed E-state index contributed by atoms with van der Waals surface area (Å²) in [6, 6.07) is 1.48. The third kappa shape index (κ3) is 3.90. The standard InChI is InChI=1S/C14H21N3O3S3/c15-11(10-1-2-10)9-16-14(18)13-12(3-6-22-13)23(19,20)17-4-7-21-8-5-17/h3,6,10-11H,1-2,4-5,7-9,15H2,(H,16,18). The maximum atomic E-state index is 12.7. The summed E-state index contributed by atoms with van der Waals surface area (Å²) in [6.07, 6.45) is 2.23. The number of rotatable bonds is 6. The van der Waals surface area contributed by atoms with E-state index in [-0.39, 0.29) is 21.7 Å². The Morgan fingerprint density at radius 3 is 2.74 bits per heavy atom. The SMILES string of the molecule is NC(CNC(=O)c1sccc1S(=O)(=O)N1CCSCC1)C1CC1. The van der Waals surface area contributed by atoms with Crippen molar-refractivity contribution in [3.05, 3.63) is 16.3 Å². The summed E-state index contributed by atoms with van der Waals surface area (Å²) in [7, 11) is -3.60. The van der Waals surface area contributed by atoms with Gasteiger partial charge in [-0.1, -0.05) is 0 Å². The van der Waals surface area contributed by atoms with E-state index in [1.165, 1.54) is 10.4 Å². The lowest BCUT2D eigenvalue weighted by Crippen LogP contribution is -2.40. The first-order chi connectivity index (χ1) is 11.0. The Labute approximate surface area is 144 Å². The molecule has 2 heterocycles. The van der Waals surface area contributed by atoms with Crippen molar-refractivity contribution in [3.63, 3.8) is 0 Å². The number of carbonyl (C=O) groups excluding carboxylic acids is 1. The van der Waals surface area contributed by atoms with Crippen LogP contribution in [0.2, 0.25) is 0 Å². The van der Waals surface area contributed by atoms with Gasteiger partial charge in [-0.25, -0.2) is 8.42 Å². The molecule has 0 aromatic carbocycles. The van der Waals surface area contributed by atoms with Crippen LogP contribution in [-0.4, -0.2) is 55.8 Å². The number of carbonyl (C=O) groups is 1. The predicted molar refractivity (Wildman–Crippen MR) is 93.4 cm³/mol. The highest BCUT2D eigenvalue weighted by atomic mass is 32.2. The van der Waals surface area contributed by atoms with E-state index in [4.69, 9.17) is 5.73 Å². The maximum absolute atomic E-state index is 12.7. The highest BCUT2D eigenvalue weighted by Gasteiger charge is 2.32. The summed E-state index contributed by atoms with van der Waals surface area (Å²) in [5.41, 5.74) is 5.98. The highest BCUT2D eigenvalue weighted by Crippen LogP contribution is 2.31. The second-order valence-electron chi connectivity index (χ2n) is 5.84. The van der Waals surface area contributed by atoms with Crippen LogP contribution < -0.4 is 11.1 Å². The van der Waals surface area contributed by atoms with E-state index in [9.17, 15) is 13.2 Å². The van der Waals surface area contributed by atoms with E-state index in [0.717, 1.165) is 35.7 Å². The Morgan fingerprint density at radius 2 is 2.09 bits per heavy atom. The van der Waals surface area contributed by atoms with Crippen LogP contribution >= 0.6 is 23.1 Å². The lowest BCUT2D eigenvalue weighted by molar-refractivity contribution is 0.0951. The van der Waals surface area contributed by atoms with Crippen LogP contribution in [0.1, 0.15) is 22.5 Å². The molecule has 128 valence electrons. The van der Waals surface area contributed by atoms with Gasteiger partial charge in [-0.3, -0.25) is 4.79 Å². The predicted octanol–water partition coefficient (Wildman–Crippen LogP) is 0.953. The number of hydrogen-bond acceptors (Lipinski definition) is 6. The van der Waals surface area contributed by atoms with Crippen molar-refractivity contribution in [1.82, 2.24) is 9.62 Å². The number of nitrogens with one attached hydrogen (secondary N) is 1. The van der Waals surface area contributed by atoms with Crippen LogP contribution in [0.5, 0.6) is 0 Å². The molecule has 0 radical (unpaired) electrons. The summed E-state index contributed by atoms with van der Waals surface area (Å²) >= 11 is 2.91. The lowest BCUT2D eigenvalue weighted by atomic mass is 10.2. The Balaban J connectivity index is 1.71. The van der Waals surface area contributed by atoms with Gasteiger partial charge >= 0.3 is 0 Å². The molecule has 1 aromatic rings. The van der Waals surface area contributed by atoms with Gasteiger partial charge in [0.15, 0.2) is 0 Å².